The Kier molecular flexibility index (Phi) is 4.42. The lowest BCUT2D eigenvalue weighted by Gasteiger charge is -2.02. The highest BCUT2D eigenvalue weighted by atomic mass is 127. The molecule has 0 fully saturated rings. The summed E-state index contributed by atoms with van der Waals surface area (Å²) in [4.78, 5) is 0.322. The predicted molar refractivity (Wildman–Crippen MR) is 86.8 cm³/mol. The van der Waals surface area contributed by atoms with Crippen molar-refractivity contribution in [2.45, 2.75) is 11.8 Å². The van der Waals surface area contributed by atoms with Crippen molar-refractivity contribution in [2.24, 2.45) is 0 Å². The van der Waals surface area contributed by atoms with Crippen molar-refractivity contribution in [1.29, 1.82) is 0 Å². The van der Waals surface area contributed by atoms with Crippen LogP contribution in [-0.2, 0) is 9.84 Å². The van der Waals surface area contributed by atoms with E-state index in [1.807, 2.05) is 59.8 Å². The van der Waals surface area contributed by atoms with Crippen LogP contribution >= 0.6 is 22.6 Å². The summed E-state index contributed by atoms with van der Waals surface area (Å²) in [6.45, 7) is 1.93. The Morgan fingerprint density at radius 2 is 1.58 bits per heavy atom. The molecule has 2 rings (SSSR count). The molecule has 98 valence electrons. The Bertz CT molecular complexity index is 687. The van der Waals surface area contributed by atoms with E-state index >= 15 is 0 Å². The van der Waals surface area contributed by atoms with Gasteiger partial charge in [0.2, 0.25) is 9.84 Å². The second-order valence-corrected chi connectivity index (χ2v) is 7.15. The molecule has 2 aromatic carbocycles. The van der Waals surface area contributed by atoms with Gasteiger partial charge >= 0.3 is 0 Å². The summed E-state index contributed by atoms with van der Waals surface area (Å²) in [7, 11) is -3.39. The van der Waals surface area contributed by atoms with Gasteiger partial charge in [-0.2, -0.15) is 0 Å². The Morgan fingerprint density at radius 3 is 2.16 bits per heavy atom. The van der Waals surface area contributed by atoms with Crippen LogP contribution in [0.3, 0.4) is 0 Å². The molecular formula is C15H13IO2S. The number of aryl methyl sites for hydroxylation is 1. The van der Waals surface area contributed by atoms with Gasteiger partial charge in [-0.1, -0.05) is 48.0 Å². The number of sulfone groups is 1. The third-order valence-electron chi connectivity index (χ3n) is 2.66. The Balaban J connectivity index is 2.39. The molecule has 19 heavy (non-hydrogen) atoms. The first kappa shape index (κ1) is 14.3. The molecule has 4 heteroatoms. The summed E-state index contributed by atoms with van der Waals surface area (Å²) in [5.74, 6) is 0. The zero-order chi connectivity index (χ0) is 13.9. The van der Waals surface area contributed by atoms with Crippen molar-refractivity contribution in [3.05, 3.63) is 71.1 Å². The number of benzene rings is 2. The van der Waals surface area contributed by atoms with Crippen molar-refractivity contribution >= 4 is 36.0 Å². The van der Waals surface area contributed by atoms with E-state index in [9.17, 15) is 8.42 Å². The summed E-state index contributed by atoms with van der Waals surface area (Å²) in [5.41, 5.74) is 1.94. The van der Waals surface area contributed by atoms with Crippen molar-refractivity contribution in [1.82, 2.24) is 0 Å². The van der Waals surface area contributed by atoms with E-state index in [0.29, 0.717) is 8.48 Å². The molecule has 0 aliphatic rings. The first-order valence-electron chi connectivity index (χ1n) is 5.73. The van der Waals surface area contributed by atoms with Gasteiger partial charge in [0, 0.05) is 8.99 Å². The number of hydrogen-bond donors (Lipinski definition) is 0. The lowest BCUT2D eigenvalue weighted by atomic mass is 10.2. The van der Waals surface area contributed by atoms with Gasteiger partial charge in [0.05, 0.1) is 4.90 Å². The van der Waals surface area contributed by atoms with E-state index < -0.39 is 9.84 Å². The molecule has 2 aromatic rings. The molecule has 0 unspecified atom stereocenters. The molecular weight excluding hydrogens is 371 g/mol. The average molecular weight is 384 g/mol. The normalized spacial score (nSPS) is 12.4. The van der Waals surface area contributed by atoms with Crippen LogP contribution in [0.1, 0.15) is 11.1 Å². The molecule has 0 saturated heterocycles. The minimum absolute atomic E-state index is 0.322. The largest absolute Gasteiger partial charge is 0.219 e. The fourth-order valence-corrected chi connectivity index (χ4v) is 4.02. The van der Waals surface area contributed by atoms with Gasteiger partial charge in [-0.3, -0.25) is 0 Å². The molecule has 0 aliphatic heterocycles. The molecule has 0 amide bonds. The van der Waals surface area contributed by atoms with E-state index in [1.165, 1.54) is 5.41 Å². The molecule has 0 aliphatic carbocycles. The topological polar surface area (TPSA) is 34.1 Å². The van der Waals surface area contributed by atoms with Crippen molar-refractivity contribution in [3.63, 3.8) is 0 Å². The standard InChI is InChI=1S/C15H13IO2S/c1-12-7-9-14(10-8-12)19(17,18)11-15(16)13-5-3-2-4-6-13/h2-11H,1H3/b15-11+. The van der Waals surface area contributed by atoms with Crippen LogP contribution in [0.15, 0.2) is 64.9 Å². The minimum Gasteiger partial charge on any atom is -0.219 e. The quantitative estimate of drug-likeness (QED) is 0.744. The van der Waals surface area contributed by atoms with Crippen LogP contribution in [-0.4, -0.2) is 8.42 Å². The van der Waals surface area contributed by atoms with Crippen molar-refractivity contribution < 1.29 is 8.42 Å². The predicted octanol–water partition coefficient (Wildman–Crippen LogP) is 4.20. The van der Waals surface area contributed by atoms with Gasteiger partial charge in [0.25, 0.3) is 0 Å². The maximum absolute atomic E-state index is 12.2. The summed E-state index contributed by atoms with van der Waals surface area (Å²) < 4.78 is 25.2. The monoisotopic (exact) mass is 384 g/mol. The summed E-state index contributed by atoms with van der Waals surface area (Å²) >= 11 is 2.05. The molecule has 0 heterocycles. The number of halogens is 1. The highest BCUT2D eigenvalue weighted by Gasteiger charge is 2.12. The van der Waals surface area contributed by atoms with Crippen LogP contribution < -0.4 is 0 Å². The zero-order valence-electron chi connectivity index (χ0n) is 10.4. The van der Waals surface area contributed by atoms with Gasteiger partial charge in [-0.05, 0) is 47.2 Å². The van der Waals surface area contributed by atoms with Crippen LogP contribution in [0.25, 0.3) is 3.58 Å². The second-order valence-electron chi connectivity index (χ2n) is 4.19. The fourth-order valence-electron chi connectivity index (χ4n) is 1.60. The summed E-state index contributed by atoms with van der Waals surface area (Å²) in [6, 6.07) is 16.3. The van der Waals surface area contributed by atoms with Gasteiger partial charge in [-0.15, -0.1) is 0 Å². The molecule has 0 spiro atoms. The number of rotatable bonds is 3. The van der Waals surface area contributed by atoms with E-state index in [0.717, 1.165) is 11.1 Å². The van der Waals surface area contributed by atoms with Crippen LogP contribution in [0, 0.1) is 6.92 Å². The fraction of sp³-hybridized carbons (Fsp3) is 0.0667. The third kappa shape index (κ3) is 3.67. The Morgan fingerprint density at radius 1 is 1.00 bits per heavy atom. The number of hydrogen-bond acceptors (Lipinski definition) is 2. The van der Waals surface area contributed by atoms with E-state index in [4.69, 9.17) is 0 Å². The average Bonchev–Trinajstić information content (AvgIpc) is 2.40. The minimum atomic E-state index is -3.39. The van der Waals surface area contributed by atoms with Gasteiger partial charge < -0.3 is 0 Å². The van der Waals surface area contributed by atoms with E-state index in [-0.39, 0.29) is 0 Å². The first-order chi connectivity index (χ1) is 8.99. The second kappa shape index (κ2) is 5.88. The highest BCUT2D eigenvalue weighted by molar-refractivity contribution is 14.1. The summed E-state index contributed by atoms with van der Waals surface area (Å²) in [6.07, 6.45) is 0. The van der Waals surface area contributed by atoms with Gasteiger partial charge in [0.15, 0.2) is 0 Å². The molecule has 0 aromatic heterocycles. The van der Waals surface area contributed by atoms with Crippen molar-refractivity contribution in [3.8, 4) is 0 Å². The van der Waals surface area contributed by atoms with E-state index in [1.54, 1.807) is 24.3 Å². The molecule has 0 atom stereocenters. The lowest BCUT2D eigenvalue weighted by molar-refractivity contribution is 0.605. The zero-order valence-corrected chi connectivity index (χ0v) is 13.4. The van der Waals surface area contributed by atoms with Crippen LogP contribution in [0.2, 0.25) is 0 Å². The first-order valence-corrected chi connectivity index (χ1v) is 8.36. The smallest absolute Gasteiger partial charge is 0.200 e. The van der Waals surface area contributed by atoms with Crippen LogP contribution in [0.4, 0.5) is 0 Å². The molecule has 0 bridgehead atoms. The Labute approximate surface area is 127 Å². The molecule has 2 nitrogen and oxygen atoms in total. The highest BCUT2D eigenvalue weighted by Crippen LogP contribution is 2.25. The van der Waals surface area contributed by atoms with Gasteiger partial charge in [0.1, 0.15) is 0 Å². The van der Waals surface area contributed by atoms with E-state index in [2.05, 4.69) is 0 Å². The molecule has 0 N–H and O–H groups in total. The Hall–Kier alpha value is -1.14. The summed E-state index contributed by atoms with van der Waals surface area (Å²) in [5, 5.41) is 1.31. The SMILES string of the molecule is Cc1ccc(S(=O)(=O)/C=C(/I)c2ccccc2)cc1. The third-order valence-corrected chi connectivity index (χ3v) is 5.49. The molecule has 0 saturated carbocycles. The lowest BCUT2D eigenvalue weighted by Crippen LogP contribution is -1.96. The van der Waals surface area contributed by atoms with Crippen molar-refractivity contribution in [2.75, 3.05) is 0 Å². The maximum Gasteiger partial charge on any atom is 0.200 e. The molecule has 0 radical (unpaired) electrons. The van der Waals surface area contributed by atoms with Gasteiger partial charge in [-0.25, -0.2) is 8.42 Å². The van der Waals surface area contributed by atoms with Crippen LogP contribution in [0.5, 0.6) is 0 Å². The maximum atomic E-state index is 12.2.